The smallest absolute Gasteiger partial charge is 0.0699 e. The Balaban J connectivity index is 1.82. The molecule has 1 aromatic heterocycles. The quantitative estimate of drug-likeness (QED) is 0.917. The highest BCUT2D eigenvalue weighted by Gasteiger charge is 2.44. The van der Waals surface area contributed by atoms with Crippen LogP contribution in [0.3, 0.4) is 0 Å². The van der Waals surface area contributed by atoms with Crippen LogP contribution in [-0.2, 0) is 0 Å². The molecule has 4 heteroatoms. The first kappa shape index (κ1) is 13.8. The molecular weight excluding hydrogens is 314 g/mol. The molecule has 20 heavy (non-hydrogen) atoms. The van der Waals surface area contributed by atoms with Crippen LogP contribution in [0.1, 0.15) is 49.5 Å². The van der Waals surface area contributed by atoms with Gasteiger partial charge in [-0.3, -0.25) is 4.68 Å². The van der Waals surface area contributed by atoms with Gasteiger partial charge in [0.2, 0.25) is 0 Å². The predicted octanol–water partition coefficient (Wildman–Crippen LogP) is 4.03. The Morgan fingerprint density at radius 1 is 1.30 bits per heavy atom. The average Bonchev–Trinajstić information content (AvgIpc) is 3.15. The lowest BCUT2D eigenvalue weighted by Crippen LogP contribution is -2.20. The Hall–Kier alpha value is -1.13. The lowest BCUT2D eigenvalue weighted by molar-refractivity contribution is 0.466. The van der Waals surface area contributed by atoms with Gasteiger partial charge in [-0.05, 0) is 53.6 Å². The first-order chi connectivity index (χ1) is 9.59. The van der Waals surface area contributed by atoms with Gasteiger partial charge in [0.25, 0.3) is 0 Å². The van der Waals surface area contributed by atoms with Gasteiger partial charge in [0, 0.05) is 6.04 Å². The molecule has 1 saturated carbocycles. The van der Waals surface area contributed by atoms with Crippen LogP contribution in [0.25, 0.3) is 0 Å². The van der Waals surface area contributed by atoms with Crippen molar-refractivity contribution in [3.63, 3.8) is 0 Å². The van der Waals surface area contributed by atoms with Crippen molar-refractivity contribution in [1.82, 2.24) is 9.78 Å². The lowest BCUT2D eigenvalue weighted by Gasteiger charge is -2.17. The monoisotopic (exact) mass is 333 g/mol. The molecular formula is C16H20BrN3. The Morgan fingerprint density at radius 3 is 2.65 bits per heavy atom. The Morgan fingerprint density at radius 2 is 2.00 bits per heavy atom. The summed E-state index contributed by atoms with van der Waals surface area (Å²) >= 11 is 3.59. The van der Waals surface area contributed by atoms with Gasteiger partial charge in [0.15, 0.2) is 0 Å². The van der Waals surface area contributed by atoms with E-state index in [1.54, 1.807) is 0 Å². The third-order valence-corrected chi connectivity index (χ3v) is 4.73. The molecule has 0 amide bonds. The minimum atomic E-state index is 0.0412. The van der Waals surface area contributed by atoms with Gasteiger partial charge < -0.3 is 5.73 Å². The maximum Gasteiger partial charge on any atom is 0.0699 e. The van der Waals surface area contributed by atoms with E-state index in [0.29, 0.717) is 17.9 Å². The van der Waals surface area contributed by atoms with Gasteiger partial charge in [-0.25, -0.2) is 0 Å². The fourth-order valence-corrected chi connectivity index (χ4v) is 3.51. The fraction of sp³-hybridized carbons (Fsp3) is 0.438. The van der Waals surface area contributed by atoms with E-state index >= 15 is 0 Å². The molecule has 106 valence electrons. The molecule has 3 unspecified atom stereocenters. The molecule has 0 saturated heterocycles. The Kier molecular flexibility index (Phi) is 3.69. The highest BCUT2D eigenvalue weighted by atomic mass is 79.9. The number of nitrogens with two attached hydrogens (primary N) is 1. The maximum atomic E-state index is 6.52. The second kappa shape index (κ2) is 5.34. The van der Waals surface area contributed by atoms with Crippen LogP contribution in [0.2, 0.25) is 0 Å². The van der Waals surface area contributed by atoms with Crippen LogP contribution >= 0.6 is 15.9 Å². The standard InChI is InChI=1S/C16H20BrN3/c1-10(2)20-16(14(17)9-19-20)15(18)13-8-12(13)11-6-4-3-5-7-11/h3-7,9-10,12-13,15H,8,18H2,1-2H3. The Bertz CT molecular complexity index is 591. The number of rotatable bonds is 4. The summed E-state index contributed by atoms with van der Waals surface area (Å²) in [5.41, 5.74) is 9.05. The van der Waals surface area contributed by atoms with Crippen LogP contribution in [-0.4, -0.2) is 9.78 Å². The highest BCUT2D eigenvalue weighted by Crippen LogP contribution is 2.53. The summed E-state index contributed by atoms with van der Waals surface area (Å²) in [6.45, 7) is 4.27. The lowest BCUT2D eigenvalue weighted by atomic mass is 10.0. The summed E-state index contributed by atoms with van der Waals surface area (Å²) in [7, 11) is 0. The summed E-state index contributed by atoms with van der Waals surface area (Å²) < 4.78 is 3.06. The zero-order valence-corrected chi connectivity index (χ0v) is 13.4. The average molecular weight is 334 g/mol. The van der Waals surface area contributed by atoms with Crippen molar-refractivity contribution in [1.29, 1.82) is 0 Å². The molecule has 3 nitrogen and oxygen atoms in total. The van der Waals surface area contributed by atoms with Crippen molar-refractivity contribution < 1.29 is 0 Å². The number of halogens is 1. The summed E-state index contributed by atoms with van der Waals surface area (Å²) in [6, 6.07) is 11.0. The van der Waals surface area contributed by atoms with E-state index in [2.05, 4.69) is 65.2 Å². The molecule has 2 N–H and O–H groups in total. The second-order valence-corrected chi connectivity index (χ2v) is 6.71. The van der Waals surface area contributed by atoms with E-state index in [9.17, 15) is 0 Å². The minimum absolute atomic E-state index is 0.0412. The second-order valence-electron chi connectivity index (χ2n) is 5.86. The summed E-state index contributed by atoms with van der Waals surface area (Å²) in [5.74, 6) is 1.11. The SMILES string of the molecule is CC(C)n1ncc(Br)c1C(N)C1CC1c1ccccc1. The molecule has 1 aliphatic carbocycles. The summed E-state index contributed by atoms with van der Waals surface area (Å²) in [6.07, 6.45) is 3.02. The van der Waals surface area contributed by atoms with Crippen molar-refractivity contribution in [2.24, 2.45) is 11.7 Å². The van der Waals surface area contributed by atoms with Crippen LogP contribution < -0.4 is 5.73 Å². The first-order valence-electron chi connectivity index (χ1n) is 7.13. The molecule has 2 aromatic rings. The van der Waals surface area contributed by atoms with Crippen molar-refractivity contribution in [3.05, 3.63) is 52.3 Å². The zero-order chi connectivity index (χ0) is 14.3. The number of aromatic nitrogens is 2. The minimum Gasteiger partial charge on any atom is -0.322 e. The molecule has 3 rings (SSSR count). The maximum absolute atomic E-state index is 6.52. The Labute approximate surface area is 128 Å². The molecule has 1 fully saturated rings. The predicted molar refractivity (Wildman–Crippen MR) is 84.5 cm³/mol. The highest BCUT2D eigenvalue weighted by molar-refractivity contribution is 9.10. The third kappa shape index (κ3) is 2.42. The van der Waals surface area contributed by atoms with Gasteiger partial charge in [0.05, 0.1) is 22.4 Å². The molecule has 1 aliphatic rings. The topological polar surface area (TPSA) is 43.8 Å². The van der Waals surface area contributed by atoms with Crippen LogP contribution in [0.4, 0.5) is 0 Å². The number of hydrogen-bond acceptors (Lipinski definition) is 2. The summed E-state index contributed by atoms with van der Waals surface area (Å²) in [4.78, 5) is 0. The summed E-state index contributed by atoms with van der Waals surface area (Å²) in [5, 5.41) is 4.43. The van der Waals surface area contributed by atoms with Crippen molar-refractivity contribution >= 4 is 15.9 Å². The van der Waals surface area contributed by atoms with E-state index in [-0.39, 0.29) is 6.04 Å². The molecule has 1 heterocycles. The largest absolute Gasteiger partial charge is 0.322 e. The van der Waals surface area contributed by atoms with E-state index < -0.39 is 0 Å². The van der Waals surface area contributed by atoms with Crippen molar-refractivity contribution in [3.8, 4) is 0 Å². The van der Waals surface area contributed by atoms with Crippen LogP contribution in [0.5, 0.6) is 0 Å². The molecule has 0 spiro atoms. The van der Waals surface area contributed by atoms with E-state index in [0.717, 1.165) is 10.2 Å². The van der Waals surface area contributed by atoms with Crippen LogP contribution in [0, 0.1) is 5.92 Å². The van der Waals surface area contributed by atoms with E-state index in [4.69, 9.17) is 5.73 Å². The number of benzene rings is 1. The van der Waals surface area contributed by atoms with Crippen molar-refractivity contribution in [2.45, 2.75) is 38.3 Å². The van der Waals surface area contributed by atoms with E-state index in [1.165, 1.54) is 12.0 Å². The molecule has 1 aromatic carbocycles. The molecule has 0 radical (unpaired) electrons. The zero-order valence-electron chi connectivity index (χ0n) is 11.8. The molecule has 3 atom stereocenters. The van der Waals surface area contributed by atoms with Crippen molar-refractivity contribution in [2.75, 3.05) is 0 Å². The van der Waals surface area contributed by atoms with Gasteiger partial charge in [-0.2, -0.15) is 5.10 Å². The molecule has 0 bridgehead atoms. The number of hydrogen-bond donors (Lipinski definition) is 1. The van der Waals surface area contributed by atoms with E-state index in [1.807, 2.05) is 10.9 Å². The van der Waals surface area contributed by atoms with Gasteiger partial charge >= 0.3 is 0 Å². The molecule has 0 aliphatic heterocycles. The number of nitrogens with zero attached hydrogens (tertiary/aromatic N) is 2. The van der Waals surface area contributed by atoms with Gasteiger partial charge in [-0.15, -0.1) is 0 Å². The third-order valence-electron chi connectivity index (χ3n) is 4.12. The van der Waals surface area contributed by atoms with Crippen LogP contribution in [0.15, 0.2) is 41.0 Å². The van der Waals surface area contributed by atoms with Gasteiger partial charge in [-0.1, -0.05) is 30.3 Å². The first-order valence-corrected chi connectivity index (χ1v) is 7.92. The fourth-order valence-electron chi connectivity index (χ4n) is 2.97. The van der Waals surface area contributed by atoms with Gasteiger partial charge in [0.1, 0.15) is 0 Å². The normalized spacial score (nSPS) is 23.1.